The van der Waals surface area contributed by atoms with Crippen molar-refractivity contribution in [1.29, 1.82) is 0 Å². The largest absolute Gasteiger partial charge is 0.481 e. The Bertz CT molecular complexity index is 777. The summed E-state index contributed by atoms with van der Waals surface area (Å²) in [6.07, 6.45) is 2.86. The van der Waals surface area contributed by atoms with Crippen LogP contribution in [0.25, 0.3) is 0 Å². The van der Waals surface area contributed by atoms with E-state index in [-0.39, 0.29) is 23.3 Å². The first-order chi connectivity index (χ1) is 11.6. The number of nitrogens with zero attached hydrogens (tertiary/aromatic N) is 2. The standard InChI is InChI=1S/C17H26N2O5S/c1-7-10-8-11(14-13(10)23-17(3,4)24-14)12-9(2)18-16(25(6,20)21)19-15(12)22-5/h10-11,13-14H,7-8H2,1-6H3/t10-,11-,13+,14-/m0/s1. The number of fused-ring (bicyclic) bond motifs is 1. The lowest BCUT2D eigenvalue weighted by Gasteiger charge is -2.24. The van der Waals surface area contributed by atoms with Crippen LogP contribution in [-0.2, 0) is 19.3 Å². The van der Waals surface area contributed by atoms with Crippen molar-refractivity contribution in [1.82, 2.24) is 9.97 Å². The summed E-state index contributed by atoms with van der Waals surface area (Å²) < 4.78 is 41.4. The smallest absolute Gasteiger partial charge is 0.250 e. The molecule has 1 aromatic rings. The summed E-state index contributed by atoms with van der Waals surface area (Å²) in [7, 11) is -2.01. The molecule has 3 rings (SSSR count). The van der Waals surface area contributed by atoms with Gasteiger partial charge in [0.05, 0.1) is 19.3 Å². The highest BCUT2D eigenvalue weighted by molar-refractivity contribution is 7.90. The van der Waals surface area contributed by atoms with E-state index in [2.05, 4.69) is 16.9 Å². The number of rotatable bonds is 4. The van der Waals surface area contributed by atoms with Gasteiger partial charge in [0.15, 0.2) is 5.79 Å². The van der Waals surface area contributed by atoms with Crippen LogP contribution in [0.1, 0.15) is 50.8 Å². The summed E-state index contributed by atoms with van der Waals surface area (Å²) in [4.78, 5) is 8.38. The number of aryl methyl sites for hydroxylation is 1. The van der Waals surface area contributed by atoms with Crippen molar-refractivity contribution in [2.75, 3.05) is 13.4 Å². The first-order valence-corrected chi connectivity index (χ1v) is 10.4. The van der Waals surface area contributed by atoms with Crippen molar-refractivity contribution in [3.8, 4) is 5.88 Å². The van der Waals surface area contributed by atoms with E-state index in [0.29, 0.717) is 17.5 Å². The maximum atomic E-state index is 11.8. The van der Waals surface area contributed by atoms with Crippen molar-refractivity contribution >= 4 is 9.84 Å². The summed E-state index contributed by atoms with van der Waals surface area (Å²) in [5.74, 6) is 0.0633. The minimum Gasteiger partial charge on any atom is -0.481 e. The Balaban J connectivity index is 2.07. The quantitative estimate of drug-likeness (QED) is 0.751. The van der Waals surface area contributed by atoms with Crippen LogP contribution in [0.2, 0.25) is 0 Å². The van der Waals surface area contributed by atoms with Gasteiger partial charge in [0.25, 0.3) is 0 Å². The van der Waals surface area contributed by atoms with Crippen molar-refractivity contribution < 1.29 is 22.6 Å². The van der Waals surface area contributed by atoms with Crippen LogP contribution in [0.5, 0.6) is 5.88 Å². The summed E-state index contributed by atoms with van der Waals surface area (Å²) >= 11 is 0. The third kappa shape index (κ3) is 3.27. The molecule has 0 spiro atoms. The summed E-state index contributed by atoms with van der Waals surface area (Å²) in [6.45, 7) is 7.78. The fourth-order valence-electron chi connectivity index (χ4n) is 4.05. The first-order valence-electron chi connectivity index (χ1n) is 8.55. The number of ether oxygens (including phenoxy) is 3. The number of methoxy groups -OCH3 is 1. The van der Waals surface area contributed by atoms with Crippen LogP contribution in [0.3, 0.4) is 0 Å². The Morgan fingerprint density at radius 2 is 1.88 bits per heavy atom. The second-order valence-electron chi connectivity index (χ2n) is 7.36. The van der Waals surface area contributed by atoms with Crippen molar-refractivity contribution in [3.05, 3.63) is 11.3 Å². The number of hydrogen-bond acceptors (Lipinski definition) is 7. The molecule has 2 aliphatic rings. The summed E-state index contributed by atoms with van der Waals surface area (Å²) in [6, 6.07) is 0. The van der Waals surface area contributed by atoms with Gasteiger partial charge < -0.3 is 14.2 Å². The molecule has 0 aromatic carbocycles. The zero-order valence-corrected chi connectivity index (χ0v) is 16.4. The van der Waals surface area contributed by atoms with Gasteiger partial charge in [-0.1, -0.05) is 13.3 Å². The molecule has 1 aliphatic carbocycles. The van der Waals surface area contributed by atoms with Gasteiger partial charge in [-0.05, 0) is 33.1 Å². The van der Waals surface area contributed by atoms with Gasteiger partial charge >= 0.3 is 0 Å². The van der Waals surface area contributed by atoms with Crippen LogP contribution in [0, 0.1) is 12.8 Å². The zero-order chi connectivity index (χ0) is 18.6. The number of aromatic nitrogens is 2. The van der Waals surface area contributed by atoms with Gasteiger partial charge in [0.2, 0.25) is 20.9 Å². The van der Waals surface area contributed by atoms with Gasteiger partial charge in [-0.15, -0.1) is 0 Å². The normalized spacial score (nSPS) is 31.1. The third-order valence-electron chi connectivity index (χ3n) is 5.08. The third-order valence-corrected chi connectivity index (χ3v) is 5.93. The van der Waals surface area contributed by atoms with E-state index in [4.69, 9.17) is 14.2 Å². The minimum absolute atomic E-state index is 0.0142. The zero-order valence-electron chi connectivity index (χ0n) is 15.6. The lowest BCUT2D eigenvalue weighted by atomic mass is 9.93. The van der Waals surface area contributed by atoms with Gasteiger partial charge in [-0.2, -0.15) is 4.98 Å². The van der Waals surface area contributed by atoms with E-state index in [0.717, 1.165) is 24.7 Å². The molecule has 7 nitrogen and oxygen atoms in total. The van der Waals surface area contributed by atoms with E-state index in [1.807, 2.05) is 13.8 Å². The molecule has 2 fully saturated rings. The Morgan fingerprint density at radius 3 is 2.44 bits per heavy atom. The van der Waals surface area contributed by atoms with Gasteiger partial charge in [-0.3, -0.25) is 0 Å². The molecule has 2 heterocycles. The SMILES string of the molecule is CC[C@H]1C[C@@H](c2c(C)nc(S(C)(=O)=O)nc2OC)[C@@H]2OC(C)(C)O[C@H]12. The lowest BCUT2D eigenvalue weighted by molar-refractivity contribution is -0.158. The topological polar surface area (TPSA) is 87.6 Å². The lowest BCUT2D eigenvalue weighted by Crippen LogP contribution is -2.25. The molecule has 0 radical (unpaired) electrons. The number of sulfone groups is 1. The monoisotopic (exact) mass is 370 g/mol. The first kappa shape index (κ1) is 18.5. The molecule has 0 amide bonds. The van der Waals surface area contributed by atoms with Crippen LogP contribution in [0.15, 0.2) is 5.16 Å². The average molecular weight is 370 g/mol. The summed E-state index contributed by atoms with van der Waals surface area (Å²) in [5, 5.41) is -0.212. The maximum absolute atomic E-state index is 11.8. The second kappa shape index (κ2) is 6.17. The fraction of sp³-hybridized carbons (Fsp3) is 0.765. The molecule has 1 aromatic heterocycles. The molecule has 1 saturated carbocycles. The molecule has 0 unspecified atom stereocenters. The second-order valence-corrected chi connectivity index (χ2v) is 9.27. The van der Waals surface area contributed by atoms with E-state index in [1.54, 1.807) is 6.92 Å². The molecule has 4 atom stereocenters. The molecule has 0 bridgehead atoms. The van der Waals surface area contributed by atoms with Gasteiger partial charge in [0, 0.05) is 23.4 Å². The molecule has 0 N–H and O–H groups in total. The predicted octanol–water partition coefficient (Wildman–Crippen LogP) is 2.23. The highest BCUT2D eigenvalue weighted by atomic mass is 32.2. The maximum Gasteiger partial charge on any atom is 0.250 e. The molecule has 1 aliphatic heterocycles. The molecule has 1 saturated heterocycles. The molecular formula is C17H26N2O5S. The van der Waals surface area contributed by atoms with Crippen molar-refractivity contribution in [3.63, 3.8) is 0 Å². The van der Waals surface area contributed by atoms with Crippen LogP contribution < -0.4 is 4.74 Å². The molecule has 25 heavy (non-hydrogen) atoms. The molecule has 8 heteroatoms. The highest BCUT2D eigenvalue weighted by Crippen LogP contribution is 2.51. The summed E-state index contributed by atoms with van der Waals surface area (Å²) in [5.41, 5.74) is 1.43. The van der Waals surface area contributed by atoms with Crippen molar-refractivity contribution in [2.24, 2.45) is 5.92 Å². The van der Waals surface area contributed by atoms with Crippen molar-refractivity contribution in [2.45, 2.75) is 69.6 Å². The molecular weight excluding hydrogens is 344 g/mol. The Labute approximate surface area is 149 Å². The fourth-order valence-corrected chi connectivity index (χ4v) is 4.60. The van der Waals surface area contributed by atoms with Crippen LogP contribution >= 0.6 is 0 Å². The van der Waals surface area contributed by atoms with E-state index < -0.39 is 15.6 Å². The van der Waals surface area contributed by atoms with E-state index >= 15 is 0 Å². The van der Waals surface area contributed by atoms with E-state index in [1.165, 1.54) is 7.11 Å². The number of hydrogen-bond donors (Lipinski definition) is 0. The highest BCUT2D eigenvalue weighted by Gasteiger charge is 2.54. The Morgan fingerprint density at radius 1 is 1.24 bits per heavy atom. The van der Waals surface area contributed by atoms with Gasteiger partial charge in [-0.25, -0.2) is 13.4 Å². The van der Waals surface area contributed by atoms with Gasteiger partial charge in [0.1, 0.15) is 0 Å². The van der Waals surface area contributed by atoms with Crippen LogP contribution in [0.4, 0.5) is 0 Å². The Hall–Kier alpha value is -1.25. The Kier molecular flexibility index (Phi) is 4.58. The molecule has 140 valence electrons. The van der Waals surface area contributed by atoms with Crippen LogP contribution in [-0.4, -0.2) is 49.7 Å². The average Bonchev–Trinajstić information content (AvgIpc) is 2.98. The minimum atomic E-state index is -3.51. The predicted molar refractivity (Wildman–Crippen MR) is 91.4 cm³/mol. The van der Waals surface area contributed by atoms with E-state index in [9.17, 15) is 8.42 Å².